The topological polar surface area (TPSA) is 153 Å². The predicted molar refractivity (Wildman–Crippen MR) is 125 cm³/mol. The van der Waals surface area contributed by atoms with Crippen molar-refractivity contribution in [1.29, 1.82) is 0 Å². The molecule has 172 valence electrons. The molecule has 3 rings (SSSR count). The minimum Gasteiger partial charge on any atom is -0.626 e. The van der Waals surface area contributed by atoms with Gasteiger partial charge in [0, 0.05) is 6.07 Å². The Morgan fingerprint density at radius 2 is 1.52 bits per heavy atom. The molecule has 5 N–H and O–H groups in total. The molecule has 3 aromatic rings. The molecule has 0 saturated heterocycles. The number of hydrogen-bond donors (Lipinski definition) is 5. The van der Waals surface area contributed by atoms with E-state index in [2.05, 4.69) is 6.72 Å². The Morgan fingerprint density at radius 1 is 0.909 bits per heavy atom. The Balaban J connectivity index is 0.00000122. The molecule has 0 fully saturated rings. The van der Waals surface area contributed by atoms with E-state index in [4.69, 9.17) is 9.94 Å². The van der Waals surface area contributed by atoms with Crippen molar-refractivity contribution in [2.75, 3.05) is 7.11 Å². The lowest BCUT2D eigenvalue weighted by Crippen LogP contribution is -2.56. The van der Waals surface area contributed by atoms with Crippen LogP contribution in [0.1, 0.15) is 22.3 Å². The summed E-state index contributed by atoms with van der Waals surface area (Å²) in [4.78, 5) is 0. The zero-order valence-corrected chi connectivity index (χ0v) is 17.8. The molecule has 0 spiro atoms. The van der Waals surface area contributed by atoms with E-state index in [1.54, 1.807) is 30.3 Å². The highest BCUT2D eigenvalue weighted by atomic mass is 16.5. The molecule has 0 aliphatic carbocycles. The average molecular weight is 452 g/mol. The number of phenols is 4. The Hall–Kier alpha value is -4.66. The molecule has 0 heterocycles. The largest absolute Gasteiger partial charge is 0.626 e. The van der Waals surface area contributed by atoms with E-state index >= 15 is 0 Å². The van der Waals surface area contributed by atoms with Crippen molar-refractivity contribution >= 4 is 25.1 Å². The van der Waals surface area contributed by atoms with Crippen LogP contribution >= 0.6 is 0 Å². The van der Waals surface area contributed by atoms with Crippen LogP contribution in [-0.4, -0.2) is 45.2 Å². The van der Waals surface area contributed by atoms with E-state index < -0.39 is 0 Å². The smallest absolute Gasteiger partial charge is 0.185 e. The number of rotatable bonds is 6. The number of benzene rings is 3. The highest BCUT2D eigenvalue weighted by Crippen LogP contribution is 2.27. The van der Waals surface area contributed by atoms with E-state index in [9.17, 15) is 25.6 Å². The summed E-state index contributed by atoms with van der Waals surface area (Å²) in [6.07, 6.45) is 4.83. The van der Waals surface area contributed by atoms with Gasteiger partial charge in [-0.3, -0.25) is 0 Å². The lowest BCUT2D eigenvalue weighted by Gasteiger charge is -2.07. The molecule has 0 saturated carbocycles. The van der Waals surface area contributed by atoms with Crippen LogP contribution in [0.25, 0.3) is 12.2 Å². The van der Waals surface area contributed by atoms with Crippen molar-refractivity contribution in [3.63, 3.8) is 0 Å². The number of methoxy groups -OCH3 is 1. The van der Waals surface area contributed by atoms with Crippen LogP contribution in [0, 0.1) is 10.4 Å². The van der Waals surface area contributed by atoms with Crippen molar-refractivity contribution < 1.29 is 35.1 Å². The molecule has 0 amide bonds. The second-order valence-corrected chi connectivity index (χ2v) is 6.74. The number of nitrogens with zero attached hydrogens (tertiary/aromatic N) is 1. The Labute approximate surface area is 190 Å². The monoisotopic (exact) mass is 452 g/mol. The summed E-state index contributed by atoms with van der Waals surface area (Å²) < 4.78 is 5.67. The van der Waals surface area contributed by atoms with Crippen molar-refractivity contribution in [2.45, 2.75) is 6.54 Å². The Kier molecular flexibility index (Phi) is 8.69. The van der Waals surface area contributed by atoms with Crippen LogP contribution in [0.2, 0.25) is 0 Å². The van der Waals surface area contributed by atoms with E-state index in [1.807, 2.05) is 6.08 Å². The fourth-order valence-electron chi connectivity index (χ4n) is 2.83. The molecule has 0 atom stereocenters. The van der Waals surface area contributed by atoms with Crippen LogP contribution in [-0.2, 0) is 6.54 Å². The highest BCUT2D eigenvalue weighted by molar-refractivity contribution is 5.82. The number of hydroxylamine groups is 1. The summed E-state index contributed by atoms with van der Waals surface area (Å²) in [5.41, 5.74) is 2.20. The molecular weight excluding hydrogens is 428 g/mol. The lowest BCUT2D eigenvalue weighted by atomic mass is 10.1. The Bertz CT molecular complexity index is 1170. The van der Waals surface area contributed by atoms with Gasteiger partial charge in [0.15, 0.2) is 24.3 Å². The molecule has 0 aromatic heterocycles. The first-order valence-corrected chi connectivity index (χ1v) is 9.59. The summed E-state index contributed by atoms with van der Waals surface area (Å²) in [5, 5.41) is 61.0. The minimum atomic E-state index is -0.186. The third-order valence-corrected chi connectivity index (χ3v) is 4.40. The van der Waals surface area contributed by atoms with Crippen LogP contribution in [0.15, 0.2) is 54.6 Å². The molecule has 33 heavy (non-hydrogen) atoms. The first-order chi connectivity index (χ1) is 15.8. The quantitative estimate of drug-likeness (QED) is 0.126. The van der Waals surface area contributed by atoms with Crippen LogP contribution in [0.5, 0.6) is 28.7 Å². The summed E-state index contributed by atoms with van der Waals surface area (Å²) >= 11 is 0. The summed E-state index contributed by atoms with van der Waals surface area (Å²) in [6.45, 7) is 2.53. The molecule has 3 aromatic carbocycles. The third kappa shape index (κ3) is 7.21. The zero-order valence-electron chi connectivity index (χ0n) is 17.8. The fourth-order valence-corrected chi connectivity index (χ4v) is 2.83. The van der Waals surface area contributed by atoms with Gasteiger partial charge < -0.3 is 35.6 Å². The number of nitrogens with one attached hydrogen (secondary N) is 1. The van der Waals surface area contributed by atoms with Crippen molar-refractivity contribution in [3.05, 3.63) is 87.3 Å². The van der Waals surface area contributed by atoms with Crippen molar-refractivity contribution in [1.82, 2.24) is 0 Å². The van der Waals surface area contributed by atoms with Gasteiger partial charge in [-0.25, -0.2) is 9.89 Å². The van der Waals surface area contributed by atoms with Gasteiger partial charge in [0.1, 0.15) is 24.0 Å². The molecular formula is C24H24N2O7. The van der Waals surface area contributed by atoms with Gasteiger partial charge in [0.2, 0.25) is 0 Å². The molecule has 9 heteroatoms. The predicted octanol–water partition coefficient (Wildman–Crippen LogP) is 2.08. The second kappa shape index (κ2) is 11.7. The van der Waals surface area contributed by atoms with Gasteiger partial charge in [0.05, 0.1) is 18.2 Å². The minimum absolute atomic E-state index is 0.0476. The maximum atomic E-state index is 12.3. The normalized spacial score (nSPS) is 11.0. The van der Waals surface area contributed by atoms with Crippen LogP contribution < -0.4 is 9.89 Å². The molecule has 0 bridgehead atoms. The van der Waals surface area contributed by atoms with E-state index in [0.717, 1.165) is 17.2 Å². The summed E-state index contributed by atoms with van der Waals surface area (Å²) in [6, 6.07) is 13.8. The molecule has 9 nitrogen and oxygen atoms in total. The van der Waals surface area contributed by atoms with Gasteiger partial charge in [0.25, 0.3) is 0 Å². The fraction of sp³-hybridized carbons (Fsp3) is 0.0833. The third-order valence-electron chi connectivity index (χ3n) is 4.40. The Morgan fingerprint density at radius 3 is 2.12 bits per heavy atom. The lowest BCUT2D eigenvalue weighted by molar-refractivity contribution is -0.469. The standard InChI is InChI=1S/C23H21NO6.CH3NO/c1-30-23-11-16(5-9-21(23)27)3-2-15-4-8-20(26)18(10-15)14-24(29)13-17-6-7-19(25)12-22(17)28;1-2-3/h2-12,14,25-28H,13H2,1H3;2H,1H2. The van der Waals surface area contributed by atoms with Gasteiger partial charge in [-0.1, -0.05) is 24.3 Å². The van der Waals surface area contributed by atoms with Gasteiger partial charge in [-0.05, 0) is 47.5 Å². The van der Waals surface area contributed by atoms with Gasteiger partial charge >= 0.3 is 0 Å². The SMILES string of the molecule is C=[NH+][O-].COc1cc(C=Cc2ccc(O)c(C=[N+]([O-])Cc3ccc(O)cc3O)c2)ccc1O. The number of phenolic OH excluding ortho intramolecular Hbond substituents is 4. The van der Waals surface area contributed by atoms with Crippen LogP contribution in [0.4, 0.5) is 0 Å². The van der Waals surface area contributed by atoms with Crippen molar-refractivity contribution in [3.8, 4) is 28.7 Å². The van der Waals surface area contributed by atoms with Crippen molar-refractivity contribution in [2.24, 2.45) is 0 Å². The second-order valence-electron chi connectivity index (χ2n) is 6.74. The number of ether oxygens (including phenoxy) is 1. The maximum absolute atomic E-state index is 12.3. The first kappa shape index (κ1) is 24.6. The van der Waals surface area contributed by atoms with Gasteiger partial charge in [-0.15, -0.1) is 0 Å². The van der Waals surface area contributed by atoms with E-state index in [-0.39, 0.29) is 29.5 Å². The zero-order chi connectivity index (χ0) is 24.4. The van der Waals surface area contributed by atoms with E-state index in [1.165, 1.54) is 42.7 Å². The summed E-state index contributed by atoms with van der Waals surface area (Å²) in [7, 11) is 1.47. The number of aromatic hydroxyl groups is 4. The average Bonchev–Trinajstić information content (AvgIpc) is 2.77. The summed E-state index contributed by atoms with van der Waals surface area (Å²) in [5.74, 6) is 0.0625. The van der Waals surface area contributed by atoms with Gasteiger partial charge in [-0.2, -0.15) is 0 Å². The van der Waals surface area contributed by atoms with E-state index in [0.29, 0.717) is 21.6 Å². The van der Waals surface area contributed by atoms with Crippen LogP contribution in [0.3, 0.4) is 0 Å². The maximum Gasteiger partial charge on any atom is 0.185 e. The first-order valence-electron chi connectivity index (χ1n) is 9.59. The molecule has 0 aliphatic heterocycles. The highest BCUT2D eigenvalue weighted by Gasteiger charge is 2.09. The molecule has 0 radical (unpaired) electrons. The molecule has 0 aliphatic rings. The molecule has 0 unspecified atom stereocenters. The number of hydrogen-bond acceptors (Lipinski definition) is 7.